The molecule has 0 spiro atoms. The summed E-state index contributed by atoms with van der Waals surface area (Å²) in [6, 6.07) is 13.8. The Hall–Kier alpha value is -2.36. The molecule has 1 N–H and O–H groups in total. The van der Waals surface area contributed by atoms with Crippen molar-refractivity contribution in [2.75, 3.05) is 13.2 Å². The van der Waals surface area contributed by atoms with Crippen molar-refractivity contribution in [1.29, 1.82) is 0 Å². The molecular weight excluding hydrogens is 281 g/mol. The Balaban J connectivity index is 1.67. The van der Waals surface area contributed by atoms with Crippen molar-refractivity contribution in [2.24, 2.45) is 0 Å². The van der Waals surface area contributed by atoms with E-state index in [-0.39, 0.29) is 18.1 Å². The van der Waals surface area contributed by atoms with Crippen LogP contribution in [0.4, 0.5) is 4.39 Å². The molecule has 0 fully saturated rings. The first kappa shape index (κ1) is 16.0. The standard InChI is InChI=1S/C18H20FNO2/c1-2-14-5-9-17(10-6-14)22-12-11-20-18(21)13-15-3-7-16(19)8-4-15/h3-10H,2,11-13H2,1H3,(H,20,21). The van der Waals surface area contributed by atoms with Crippen LogP contribution in [0.5, 0.6) is 5.75 Å². The van der Waals surface area contributed by atoms with Crippen LogP contribution >= 0.6 is 0 Å². The summed E-state index contributed by atoms with van der Waals surface area (Å²) in [6.45, 7) is 2.96. The van der Waals surface area contributed by atoms with Gasteiger partial charge < -0.3 is 10.1 Å². The maximum absolute atomic E-state index is 12.8. The van der Waals surface area contributed by atoms with E-state index in [0.29, 0.717) is 13.2 Å². The van der Waals surface area contributed by atoms with Crippen LogP contribution in [0.25, 0.3) is 0 Å². The molecule has 2 aromatic carbocycles. The van der Waals surface area contributed by atoms with Gasteiger partial charge in [0.15, 0.2) is 0 Å². The van der Waals surface area contributed by atoms with Crippen molar-refractivity contribution < 1.29 is 13.9 Å². The number of ether oxygens (including phenoxy) is 1. The van der Waals surface area contributed by atoms with E-state index in [2.05, 4.69) is 12.2 Å². The summed E-state index contributed by atoms with van der Waals surface area (Å²) in [5, 5.41) is 2.78. The van der Waals surface area contributed by atoms with E-state index in [4.69, 9.17) is 4.74 Å². The van der Waals surface area contributed by atoms with Gasteiger partial charge in [-0.15, -0.1) is 0 Å². The van der Waals surface area contributed by atoms with Crippen LogP contribution in [-0.2, 0) is 17.6 Å². The number of hydrogen-bond donors (Lipinski definition) is 1. The third kappa shape index (κ3) is 5.20. The zero-order chi connectivity index (χ0) is 15.8. The summed E-state index contributed by atoms with van der Waals surface area (Å²) >= 11 is 0. The number of nitrogens with one attached hydrogen (secondary N) is 1. The molecule has 0 unspecified atom stereocenters. The lowest BCUT2D eigenvalue weighted by atomic mass is 10.1. The van der Waals surface area contributed by atoms with Gasteiger partial charge in [-0.2, -0.15) is 0 Å². The Bertz CT molecular complexity index is 593. The molecule has 0 atom stereocenters. The first-order chi connectivity index (χ1) is 10.7. The molecule has 1 amide bonds. The molecule has 2 aromatic rings. The molecule has 0 saturated heterocycles. The number of carbonyl (C=O) groups excluding carboxylic acids is 1. The van der Waals surface area contributed by atoms with Crippen molar-refractivity contribution in [1.82, 2.24) is 5.32 Å². The van der Waals surface area contributed by atoms with Crippen LogP contribution in [-0.4, -0.2) is 19.1 Å². The van der Waals surface area contributed by atoms with Crippen molar-refractivity contribution in [3.05, 3.63) is 65.5 Å². The SMILES string of the molecule is CCc1ccc(OCCNC(=O)Cc2ccc(F)cc2)cc1. The molecule has 116 valence electrons. The average molecular weight is 301 g/mol. The molecule has 0 radical (unpaired) electrons. The van der Waals surface area contributed by atoms with Gasteiger partial charge in [0.1, 0.15) is 18.2 Å². The molecule has 0 aliphatic heterocycles. The van der Waals surface area contributed by atoms with E-state index < -0.39 is 0 Å². The lowest BCUT2D eigenvalue weighted by molar-refractivity contribution is -0.120. The minimum Gasteiger partial charge on any atom is -0.492 e. The van der Waals surface area contributed by atoms with Gasteiger partial charge in [-0.1, -0.05) is 31.2 Å². The molecule has 0 heterocycles. The fourth-order valence-corrected chi connectivity index (χ4v) is 2.03. The summed E-state index contributed by atoms with van der Waals surface area (Å²) in [7, 11) is 0. The normalized spacial score (nSPS) is 10.3. The molecule has 0 aliphatic carbocycles. The van der Waals surface area contributed by atoms with Gasteiger partial charge in [0.2, 0.25) is 5.91 Å². The lowest BCUT2D eigenvalue weighted by Crippen LogP contribution is -2.29. The largest absolute Gasteiger partial charge is 0.492 e. The highest BCUT2D eigenvalue weighted by molar-refractivity contribution is 5.78. The Morgan fingerprint density at radius 2 is 1.68 bits per heavy atom. The fourth-order valence-electron chi connectivity index (χ4n) is 2.03. The molecule has 0 aromatic heterocycles. The number of benzene rings is 2. The smallest absolute Gasteiger partial charge is 0.224 e. The third-order valence-electron chi connectivity index (χ3n) is 3.30. The first-order valence-corrected chi connectivity index (χ1v) is 7.40. The van der Waals surface area contributed by atoms with Gasteiger partial charge in [-0.3, -0.25) is 4.79 Å². The van der Waals surface area contributed by atoms with Crippen molar-refractivity contribution in [3.8, 4) is 5.75 Å². The molecule has 2 rings (SSSR count). The Morgan fingerprint density at radius 3 is 2.32 bits per heavy atom. The second kappa shape index (κ2) is 8.17. The molecule has 0 saturated carbocycles. The van der Waals surface area contributed by atoms with Gasteiger partial charge in [-0.05, 0) is 41.8 Å². The maximum atomic E-state index is 12.8. The number of aryl methyl sites for hydroxylation is 1. The lowest BCUT2D eigenvalue weighted by Gasteiger charge is -2.08. The summed E-state index contributed by atoms with van der Waals surface area (Å²) in [5.41, 5.74) is 2.05. The Labute approximate surface area is 130 Å². The minimum atomic E-state index is -0.299. The summed E-state index contributed by atoms with van der Waals surface area (Å²) in [4.78, 5) is 11.7. The maximum Gasteiger partial charge on any atom is 0.224 e. The van der Waals surface area contributed by atoms with Gasteiger partial charge in [0.05, 0.1) is 13.0 Å². The first-order valence-electron chi connectivity index (χ1n) is 7.40. The number of rotatable bonds is 7. The fraction of sp³-hybridized carbons (Fsp3) is 0.278. The van der Waals surface area contributed by atoms with Crippen LogP contribution in [0.15, 0.2) is 48.5 Å². The molecule has 4 heteroatoms. The molecule has 0 bridgehead atoms. The topological polar surface area (TPSA) is 38.3 Å². The van der Waals surface area contributed by atoms with Crippen LogP contribution in [0.1, 0.15) is 18.1 Å². The van der Waals surface area contributed by atoms with Gasteiger partial charge >= 0.3 is 0 Å². The van der Waals surface area contributed by atoms with Gasteiger partial charge in [-0.25, -0.2) is 4.39 Å². The monoisotopic (exact) mass is 301 g/mol. The van der Waals surface area contributed by atoms with E-state index >= 15 is 0 Å². The van der Waals surface area contributed by atoms with E-state index in [1.807, 2.05) is 24.3 Å². The summed E-state index contributed by atoms with van der Waals surface area (Å²) in [6.07, 6.45) is 1.24. The van der Waals surface area contributed by atoms with Crippen LogP contribution in [0.3, 0.4) is 0 Å². The van der Waals surface area contributed by atoms with Crippen LogP contribution < -0.4 is 10.1 Å². The predicted octanol–water partition coefficient (Wildman–Crippen LogP) is 3.13. The number of hydrogen-bond acceptors (Lipinski definition) is 2. The van der Waals surface area contributed by atoms with E-state index in [9.17, 15) is 9.18 Å². The third-order valence-corrected chi connectivity index (χ3v) is 3.30. The van der Waals surface area contributed by atoms with E-state index in [1.165, 1.54) is 17.7 Å². The highest BCUT2D eigenvalue weighted by atomic mass is 19.1. The molecular formula is C18H20FNO2. The van der Waals surface area contributed by atoms with Gasteiger partial charge in [0, 0.05) is 0 Å². The van der Waals surface area contributed by atoms with Gasteiger partial charge in [0.25, 0.3) is 0 Å². The molecule has 22 heavy (non-hydrogen) atoms. The van der Waals surface area contributed by atoms with Crippen molar-refractivity contribution in [2.45, 2.75) is 19.8 Å². The highest BCUT2D eigenvalue weighted by Gasteiger charge is 2.03. The molecule has 3 nitrogen and oxygen atoms in total. The van der Waals surface area contributed by atoms with Crippen molar-refractivity contribution >= 4 is 5.91 Å². The number of carbonyl (C=O) groups is 1. The zero-order valence-corrected chi connectivity index (χ0v) is 12.6. The quantitative estimate of drug-likeness (QED) is 0.798. The number of halogens is 1. The highest BCUT2D eigenvalue weighted by Crippen LogP contribution is 2.12. The Morgan fingerprint density at radius 1 is 1.05 bits per heavy atom. The second-order valence-electron chi connectivity index (χ2n) is 5.00. The van der Waals surface area contributed by atoms with Crippen molar-refractivity contribution in [3.63, 3.8) is 0 Å². The summed E-state index contributed by atoms with van der Waals surface area (Å²) in [5.74, 6) is 0.396. The predicted molar refractivity (Wildman–Crippen MR) is 84.4 cm³/mol. The Kier molecular flexibility index (Phi) is 5.95. The van der Waals surface area contributed by atoms with Crippen LogP contribution in [0, 0.1) is 5.82 Å². The van der Waals surface area contributed by atoms with E-state index in [1.54, 1.807) is 12.1 Å². The zero-order valence-electron chi connectivity index (χ0n) is 12.6. The van der Waals surface area contributed by atoms with Crippen LogP contribution in [0.2, 0.25) is 0 Å². The minimum absolute atomic E-state index is 0.100. The summed E-state index contributed by atoms with van der Waals surface area (Å²) < 4.78 is 18.3. The molecule has 0 aliphatic rings. The average Bonchev–Trinajstić information content (AvgIpc) is 2.54. The second-order valence-corrected chi connectivity index (χ2v) is 5.00. The number of amides is 1. The van der Waals surface area contributed by atoms with E-state index in [0.717, 1.165) is 17.7 Å².